The van der Waals surface area contributed by atoms with Crippen LogP contribution in [-0.2, 0) is 4.79 Å². The lowest BCUT2D eigenvalue weighted by molar-refractivity contribution is -0.119. The number of hydrogen-bond acceptors (Lipinski definition) is 4. The van der Waals surface area contributed by atoms with Crippen LogP contribution < -0.4 is 10.1 Å². The molecule has 23 heavy (non-hydrogen) atoms. The van der Waals surface area contributed by atoms with Crippen LogP contribution in [0.1, 0.15) is 31.2 Å². The minimum absolute atomic E-state index is 0.0740. The number of carbonyl (C=O) groups excluding carboxylic acids is 1. The van der Waals surface area contributed by atoms with Crippen molar-refractivity contribution in [1.82, 2.24) is 5.32 Å². The molecular formula is C18H23NO2S2. The molecule has 124 valence electrons. The highest BCUT2D eigenvalue weighted by Crippen LogP contribution is 2.26. The summed E-state index contributed by atoms with van der Waals surface area (Å²) in [5.74, 6) is 1.86. The Balaban J connectivity index is 1.88. The molecule has 2 aromatic rings. The quantitative estimate of drug-likeness (QED) is 0.699. The number of thioether (sulfide) groups is 1. The minimum Gasteiger partial charge on any atom is -0.497 e. The highest BCUT2D eigenvalue weighted by molar-refractivity contribution is 8.00. The lowest BCUT2D eigenvalue weighted by atomic mass is 10.0. The third kappa shape index (κ3) is 5.92. The lowest BCUT2D eigenvalue weighted by Gasteiger charge is -2.19. The van der Waals surface area contributed by atoms with Gasteiger partial charge in [-0.3, -0.25) is 4.79 Å². The van der Waals surface area contributed by atoms with Gasteiger partial charge in [0, 0.05) is 9.77 Å². The van der Waals surface area contributed by atoms with E-state index in [1.54, 1.807) is 30.2 Å². The molecule has 0 saturated carbocycles. The second kappa shape index (κ2) is 8.99. The molecule has 0 spiro atoms. The predicted octanol–water partition coefficient (Wildman–Crippen LogP) is 4.75. The number of methoxy groups -OCH3 is 1. The van der Waals surface area contributed by atoms with Crippen molar-refractivity contribution in [3.63, 3.8) is 0 Å². The Morgan fingerprint density at radius 2 is 2.00 bits per heavy atom. The second-order valence-electron chi connectivity index (χ2n) is 5.73. The van der Waals surface area contributed by atoms with Crippen molar-refractivity contribution in [2.45, 2.75) is 31.2 Å². The van der Waals surface area contributed by atoms with Gasteiger partial charge in [0.1, 0.15) is 5.75 Å². The molecule has 3 nitrogen and oxygen atoms in total. The maximum absolute atomic E-state index is 12.3. The lowest BCUT2D eigenvalue weighted by Crippen LogP contribution is -2.30. The molecular weight excluding hydrogens is 326 g/mol. The van der Waals surface area contributed by atoms with Crippen molar-refractivity contribution in [3.05, 3.63) is 46.7 Å². The molecule has 1 aromatic carbocycles. The number of thiophene rings is 1. The van der Waals surface area contributed by atoms with Gasteiger partial charge in [-0.2, -0.15) is 0 Å². The van der Waals surface area contributed by atoms with Gasteiger partial charge in [0.25, 0.3) is 0 Å². The maximum atomic E-state index is 12.3. The van der Waals surface area contributed by atoms with Crippen LogP contribution in [0.2, 0.25) is 0 Å². The SMILES string of the molecule is COc1ccc(SCC(=O)NC(CC(C)C)c2cccs2)cc1. The molecule has 1 atom stereocenters. The van der Waals surface area contributed by atoms with E-state index in [-0.39, 0.29) is 11.9 Å². The predicted molar refractivity (Wildman–Crippen MR) is 98.4 cm³/mol. The average Bonchev–Trinajstić information content (AvgIpc) is 3.07. The van der Waals surface area contributed by atoms with Crippen molar-refractivity contribution in [3.8, 4) is 5.75 Å². The molecule has 0 radical (unpaired) electrons. The first-order chi connectivity index (χ1) is 11.1. The summed E-state index contributed by atoms with van der Waals surface area (Å²) in [4.78, 5) is 14.6. The molecule has 0 aliphatic heterocycles. The van der Waals surface area contributed by atoms with Crippen molar-refractivity contribution >= 4 is 29.0 Å². The van der Waals surface area contributed by atoms with Crippen molar-refractivity contribution < 1.29 is 9.53 Å². The Bertz CT molecular complexity index is 594. The van der Waals surface area contributed by atoms with E-state index in [4.69, 9.17) is 4.74 Å². The zero-order valence-electron chi connectivity index (χ0n) is 13.7. The fourth-order valence-corrected chi connectivity index (χ4v) is 3.76. The molecule has 1 amide bonds. The molecule has 0 aliphatic rings. The van der Waals surface area contributed by atoms with E-state index in [9.17, 15) is 4.79 Å². The summed E-state index contributed by atoms with van der Waals surface area (Å²) in [5, 5.41) is 5.23. The fourth-order valence-electron chi connectivity index (χ4n) is 2.26. The summed E-state index contributed by atoms with van der Waals surface area (Å²) >= 11 is 3.24. The zero-order chi connectivity index (χ0) is 16.7. The molecule has 1 unspecified atom stereocenters. The van der Waals surface area contributed by atoms with E-state index in [1.165, 1.54) is 4.88 Å². The van der Waals surface area contributed by atoms with Crippen LogP contribution in [0.4, 0.5) is 0 Å². The van der Waals surface area contributed by atoms with Gasteiger partial charge in [-0.25, -0.2) is 0 Å². The van der Waals surface area contributed by atoms with E-state index in [0.717, 1.165) is 17.1 Å². The monoisotopic (exact) mass is 349 g/mol. The largest absolute Gasteiger partial charge is 0.497 e. The maximum Gasteiger partial charge on any atom is 0.230 e. The number of nitrogens with one attached hydrogen (secondary N) is 1. The molecule has 0 aliphatic carbocycles. The van der Waals surface area contributed by atoms with Crippen molar-refractivity contribution in [2.75, 3.05) is 12.9 Å². The van der Waals surface area contributed by atoms with Gasteiger partial charge < -0.3 is 10.1 Å². The number of rotatable bonds is 8. The smallest absolute Gasteiger partial charge is 0.230 e. The summed E-state index contributed by atoms with van der Waals surface area (Å²) < 4.78 is 5.14. The summed E-state index contributed by atoms with van der Waals surface area (Å²) in [7, 11) is 1.65. The Morgan fingerprint density at radius 3 is 2.57 bits per heavy atom. The average molecular weight is 350 g/mol. The van der Waals surface area contributed by atoms with Crippen molar-refractivity contribution in [2.24, 2.45) is 5.92 Å². The first-order valence-electron chi connectivity index (χ1n) is 7.68. The third-order valence-corrected chi connectivity index (χ3v) is 5.36. The molecule has 5 heteroatoms. The van der Waals surface area contributed by atoms with Gasteiger partial charge in [-0.15, -0.1) is 23.1 Å². The Morgan fingerprint density at radius 1 is 1.26 bits per heavy atom. The molecule has 0 fully saturated rings. The van der Waals surface area contributed by atoms with Gasteiger partial charge in [0.05, 0.1) is 18.9 Å². The first kappa shape index (κ1) is 17.9. The molecule has 0 saturated heterocycles. The Hall–Kier alpha value is -1.46. The van der Waals surface area contributed by atoms with Crippen LogP contribution in [0.25, 0.3) is 0 Å². The highest BCUT2D eigenvalue weighted by Gasteiger charge is 2.17. The normalized spacial score (nSPS) is 12.2. The van der Waals surface area contributed by atoms with Crippen LogP contribution in [0, 0.1) is 5.92 Å². The van der Waals surface area contributed by atoms with E-state index in [1.807, 2.05) is 30.3 Å². The van der Waals surface area contributed by atoms with Gasteiger partial charge >= 0.3 is 0 Å². The number of ether oxygens (including phenoxy) is 1. The molecule has 1 N–H and O–H groups in total. The van der Waals surface area contributed by atoms with Crippen LogP contribution in [0.3, 0.4) is 0 Å². The fraction of sp³-hybridized carbons (Fsp3) is 0.389. The van der Waals surface area contributed by atoms with E-state index in [2.05, 4.69) is 30.6 Å². The standard InChI is InChI=1S/C18H23NO2S2/c1-13(2)11-16(17-5-4-10-22-17)19-18(20)12-23-15-8-6-14(21-3)7-9-15/h4-10,13,16H,11-12H2,1-3H3,(H,19,20). The first-order valence-corrected chi connectivity index (χ1v) is 9.54. The van der Waals surface area contributed by atoms with Gasteiger partial charge in [0.2, 0.25) is 5.91 Å². The minimum atomic E-state index is 0.0740. The Labute approximate surface area is 146 Å². The van der Waals surface area contributed by atoms with Crippen molar-refractivity contribution in [1.29, 1.82) is 0 Å². The molecule has 1 heterocycles. The van der Waals surface area contributed by atoms with Crippen LogP contribution in [0.15, 0.2) is 46.7 Å². The summed E-state index contributed by atoms with van der Waals surface area (Å²) in [6.45, 7) is 4.36. The summed E-state index contributed by atoms with van der Waals surface area (Å²) in [5.41, 5.74) is 0. The number of carbonyl (C=O) groups is 1. The van der Waals surface area contributed by atoms with E-state index in [0.29, 0.717) is 11.7 Å². The molecule has 2 rings (SSSR count). The number of benzene rings is 1. The van der Waals surface area contributed by atoms with E-state index >= 15 is 0 Å². The number of hydrogen-bond donors (Lipinski definition) is 1. The van der Waals surface area contributed by atoms with Gasteiger partial charge in [-0.1, -0.05) is 19.9 Å². The van der Waals surface area contributed by atoms with Gasteiger partial charge in [0.15, 0.2) is 0 Å². The van der Waals surface area contributed by atoms with Crippen LogP contribution in [-0.4, -0.2) is 18.8 Å². The zero-order valence-corrected chi connectivity index (χ0v) is 15.4. The molecule has 0 bridgehead atoms. The number of amides is 1. The Kier molecular flexibility index (Phi) is 6.99. The summed E-state index contributed by atoms with van der Waals surface area (Å²) in [6, 6.07) is 12.0. The third-order valence-electron chi connectivity index (χ3n) is 3.36. The molecule has 1 aromatic heterocycles. The van der Waals surface area contributed by atoms with E-state index < -0.39 is 0 Å². The van der Waals surface area contributed by atoms with Crippen LogP contribution >= 0.6 is 23.1 Å². The second-order valence-corrected chi connectivity index (χ2v) is 7.76. The topological polar surface area (TPSA) is 38.3 Å². The highest BCUT2D eigenvalue weighted by atomic mass is 32.2. The van der Waals surface area contributed by atoms with Gasteiger partial charge in [-0.05, 0) is 48.1 Å². The van der Waals surface area contributed by atoms with Crippen LogP contribution in [0.5, 0.6) is 5.75 Å². The summed E-state index contributed by atoms with van der Waals surface area (Å²) in [6.07, 6.45) is 0.958.